The van der Waals surface area contributed by atoms with Crippen molar-refractivity contribution in [1.82, 2.24) is 9.97 Å². The molecule has 2 aromatic rings. The molecule has 2 aromatic heterocycles. The van der Waals surface area contributed by atoms with Gasteiger partial charge in [0.25, 0.3) is 5.56 Å². The van der Waals surface area contributed by atoms with Crippen LogP contribution >= 0.6 is 11.3 Å². The van der Waals surface area contributed by atoms with Gasteiger partial charge in [-0.2, -0.15) is 0 Å². The molecule has 0 bridgehead atoms. The highest BCUT2D eigenvalue weighted by Crippen LogP contribution is 2.25. The molecule has 0 aliphatic heterocycles. The van der Waals surface area contributed by atoms with E-state index in [0.29, 0.717) is 5.69 Å². The van der Waals surface area contributed by atoms with E-state index in [2.05, 4.69) is 16.9 Å². The summed E-state index contributed by atoms with van der Waals surface area (Å²) >= 11 is 1.58. The molecule has 0 atom stereocenters. The summed E-state index contributed by atoms with van der Waals surface area (Å²) in [6, 6.07) is 5.31. The van der Waals surface area contributed by atoms with Crippen LogP contribution in [-0.4, -0.2) is 9.97 Å². The van der Waals surface area contributed by atoms with Crippen molar-refractivity contribution >= 4 is 11.3 Å². The second-order valence-corrected chi connectivity index (χ2v) is 4.29. The summed E-state index contributed by atoms with van der Waals surface area (Å²) in [6.45, 7) is 2.07. The third-order valence-electron chi connectivity index (χ3n) is 2.04. The molecule has 2 heterocycles. The van der Waals surface area contributed by atoms with Crippen molar-refractivity contribution < 1.29 is 0 Å². The van der Waals surface area contributed by atoms with Crippen molar-refractivity contribution in [2.45, 2.75) is 13.3 Å². The third-order valence-corrected chi connectivity index (χ3v) is 3.30. The van der Waals surface area contributed by atoms with Gasteiger partial charge in [-0.3, -0.25) is 9.78 Å². The molecule has 78 valence electrons. The van der Waals surface area contributed by atoms with Crippen LogP contribution in [0, 0.1) is 0 Å². The van der Waals surface area contributed by atoms with Crippen LogP contribution in [0.15, 0.2) is 27.8 Å². The Morgan fingerprint density at radius 3 is 2.67 bits per heavy atom. The van der Waals surface area contributed by atoms with E-state index in [1.165, 1.54) is 10.9 Å². The van der Waals surface area contributed by atoms with Crippen LogP contribution in [-0.2, 0) is 6.42 Å². The van der Waals surface area contributed by atoms with Gasteiger partial charge in [0.1, 0.15) is 0 Å². The fourth-order valence-electron chi connectivity index (χ4n) is 1.31. The van der Waals surface area contributed by atoms with Gasteiger partial charge in [0.05, 0.1) is 10.6 Å². The first-order valence-corrected chi connectivity index (χ1v) is 5.43. The highest BCUT2D eigenvalue weighted by atomic mass is 32.1. The number of hydrogen-bond acceptors (Lipinski definition) is 3. The maximum absolute atomic E-state index is 11.1. The van der Waals surface area contributed by atoms with E-state index in [0.717, 1.165) is 11.3 Å². The van der Waals surface area contributed by atoms with E-state index >= 15 is 0 Å². The molecular formula is C10H10N2O2S. The average molecular weight is 222 g/mol. The number of thiophene rings is 1. The summed E-state index contributed by atoms with van der Waals surface area (Å²) in [4.78, 5) is 29.0. The molecule has 0 saturated heterocycles. The van der Waals surface area contributed by atoms with Gasteiger partial charge in [0.2, 0.25) is 0 Å². The largest absolute Gasteiger partial charge is 0.326 e. The minimum Gasteiger partial charge on any atom is -0.306 e. The molecule has 0 unspecified atom stereocenters. The van der Waals surface area contributed by atoms with Crippen LogP contribution in [0.5, 0.6) is 0 Å². The molecule has 0 radical (unpaired) electrons. The Morgan fingerprint density at radius 1 is 1.27 bits per heavy atom. The van der Waals surface area contributed by atoms with Crippen molar-refractivity contribution in [3.8, 4) is 10.6 Å². The molecule has 0 fully saturated rings. The Hall–Kier alpha value is -1.62. The quantitative estimate of drug-likeness (QED) is 0.805. The van der Waals surface area contributed by atoms with E-state index < -0.39 is 5.69 Å². The van der Waals surface area contributed by atoms with E-state index in [4.69, 9.17) is 0 Å². The smallest absolute Gasteiger partial charge is 0.306 e. The normalized spacial score (nSPS) is 10.5. The molecule has 4 nitrogen and oxygen atoms in total. The number of rotatable bonds is 2. The van der Waals surface area contributed by atoms with Crippen LogP contribution in [0.2, 0.25) is 0 Å². The molecule has 0 saturated carbocycles. The molecule has 0 aliphatic rings. The number of aryl methyl sites for hydroxylation is 1. The summed E-state index contributed by atoms with van der Waals surface area (Å²) in [6.07, 6.45) is 0.956. The maximum atomic E-state index is 11.1. The molecular weight excluding hydrogens is 212 g/mol. The van der Waals surface area contributed by atoms with E-state index in [9.17, 15) is 9.59 Å². The minimum absolute atomic E-state index is 0.375. The van der Waals surface area contributed by atoms with Crippen LogP contribution in [0.4, 0.5) is 0 Å². The van der Waals surface area contributed by atoms with E-state index in [1.54, 1.807) is 11.3 Å². The Kier molecular flexibility index (Phi) is 2.55. The Balaban J connectivity index is 2.53. The first kappa shape index (κ1) is 9.92. The van der Waals surface area contributed by atoms with Gasteiger partial charge in [-0.15, -0.1) is 11.3 Å². The number of hydrogen-bond donors (Lipinski definition) is 2. The highest BCUT2D eigenvalue weighted by Gasteiger charge is 2.03. The third kappa shape index (κ3) is 2.07. The SMILES string of the molecule is CCc1ccc(-c2cc(=O)[nH]c(=O)[nH]2)s1. The highest BCUT2D eigenvalue weighted by molar-refractivity contribution is 7.15. The Labute approximate surface area is 89.6 Å². The lowest BCUT2D eigenvalue weighted by molar-refractivity contribution is 1.04. The van der Waals surface area contributed by atoms with Crippen molar-refractivity contribution in [2.24, 2.45) is 0 Å². The number of aromatic amines is 2. The first-order valence-electron chi connectivity index (χ1n) is 4.62. The second-order valence-electron chi connectivity index (χ2n) is 3.12. The topological polar surface area (TPSA) is 65.7 Å². The zero-order valence-electron chi connectivity index (χ0n) is 8.16. The van der Waals surface area contributed by atoms with Gasteiger partial charge in [-0.1, -0.05) is 6.92 Å². The van der Waals surface area contributed by atoms with Gasteiger partial charge >= 0.3 is 5.69 Å². The summed E-state index contributed by atoms with van der Waals surface area (Å²) < 4.78 is 0. The lowest BCUT2D eigenvalue weighted by Crippen LogP contribution is -2.21. The van der Waals surface area contributed by atoms with Gasteiger partial charge < -0.3 is 4.98 Å². The average Bonchev–Trinajstić information content (AvgIpc) is 2.64. The van der Waals surface area contributed by atoms with Gasteiger partial charge in [0.15, 0.2) is 0 Å². The van der Waals surface area contributed by atoms with Crippen molar-refractivity contribution in [3.05, 3.63) is 43.9 Å². The van der Waals surface area contributed by atoms with Crippen molar-refractivity contribution in [2.75, 3.05) is 0 Å². The van der Waals surface area contributed by atoms with Gasteiger partial charge in [-0.25, -0.2) is 4.79 Å². The molecule has 5 heteroatoms. The molecule has 15 heavy (non-hydrogen) atoms. The minimum atomic E-state index is -0.469. The van der Waals surface area contributed by atoms with Crippen molar-refractivity contribution in [3.63, 3.8) is 0 Å². The fourth-order valence-corrected chi connectivity index (χ4v) is 2.23. The summed E-state index contributed by atoms with van der Waals surface area (Å²) in [5, 5.41) is 0. The van der Waals surface area contributed by atoms with E-state index in [1.807, 2.05) is 12.1 Å². The Morgan fingerprint density at radius 2 is 2.07 bits per heavy atom. The van der Waals surface area contributed by atoms with E-state index in [-0.39, 0.29) is 5.56 Å². The molecule has 0 aliphatic carbocycles. The number of H-pyrrole nitrogens is 2. The Bertz CT molecular complexity index is 551. The predicted molar refractivity (Wildman–Crippen MR) is 60.4 cm³/mol. The van der Waals surface area contributed by atoms with Crippen molar-refractivity contribution in [1.29, 1.82) is 0 Å². The molecule has 0 amide bonds. The zero-order chi connectivity index (χ0) is 10.8. The predicted octanol–water partition coefficient (Wildman–Crippen LogP) is 1.35. The van der Waals surface area contributed by atoms with Crippen LogP contribution < -0.4 is 11.2 Å². The van der Waals surface area contributed by atoms with Crippen LogP contribution in [0.1, 0.15) is 11.8 Å². The summed E-state index contributed by atoms with van der Waals surface area (Å²) in [5.41, 5.74) is -0.266. The standard InChI is InChI=1S/C10H10N2O2S/c1-2-6-3-4-8(15-6)7-5-9(13)12-10(14)11-7/h3-5H,2H2,1H3,(H2,11,12,13,14). The monoisotopic (exact) mass is 222 g/mol. The van der Waals surface area contributed by atoms with Gasteiger partial charge in [0, 0.05) is 10.9 Å². The molecule has 2 rings (SSSR count). The van der Waals surface area contributed by atoms with Crippen LogP contribution in [0.25, 0.3) is 10.6 Å². The van der Waals surface area contributed by atoms with Gasteiger partial charge in [-0.05, 0) is 18.6 Å². The first-order chi connectivity index (χ1) is 7.19. The number of nitrogens with one attached hydrogen (secondary N) is 2. The summed E-state index contributed by atoms with van der Waals surface area (Å²) in [7, 11) is 0. The number of aromatic nitrogens is 2. The fraction of sp³-hybridized carbons (Fsp3) is 0.200. The molecule has 0 spiro atoms. The molecule has 2 N–H and O–H groups in total. The molecule has 0 aromatic carbocycles. The zero-order valence-corrected chi connectivity index (χ0v) is 8.98. The second kappa shape index (κ2) is 3.86. The summed E-state index contributed by atoms with van der Waals surface area (Å²) in [5.74, 6) is 0. The van der Waals surface area contributed by atoms with Crippen LogP contribution in [0.3, 0.4) is 0 Å². The maximum Gasteiger partial charge on any atom is 0.326 e. The lowest BCUT2D eigenvalue weighted by atomic mass is 10.3. The lowest BCUT2D eigenvalue weighted by Gasteiger charge is -1.94.